The van der Waals surface area contributed by atoms with E-state index < -0.39 is 0 Å². The van der Waals surface area contributed by atoms with Crippen molar-refractivity contribution in [2.45, 2.75) is 44.8 Å². The molecule has 1 N–H and O–H groups in total. The zero-order valence-electron chi connectivity index (χ0n) is 13.8. The molecule has 0 spiro atoms. The number of piperazine rings is 2. The zero-order chi connectivity index (χ0) is 15.4. The van der Waals surface area contributed by atoms with Crippen LogP contribution >= 0.6 is 0 Å². The van der Waals surface area contributed by atoms with E-state index in [9.17, 15) is 4.79 Å². The van der Waals surface area contributed by atoms with Crippen LogP contribution in [0, 0.1) is 0 Å². The lowest BCUT2D eigenvalue weighted by Gasteiger charge is -2.43. The van der Waals surface area contributed by atoms with Crippen molar-refractivity contribution in [3.05, 3.63) is 0 Å². The second kappa shape index (κ2) is 7.62. The molecule has 126 valence electrons. The van der Waals surface area contributed by atoms with Crippen LogP contribution in [0.4, 0.5) is 4.79 Å². The van der Waals surface area contributed by atoms with Gasteiger partial charge in [-0.05, 0) is 19.3 Å². The van der Waals surface area contributed by atoms with E-state index in [1.54, 1.807) is 0 Å². The molecule has 1 unspecified atom stereocenters. The van der Waals surface area contributed by atoms with Crippen molar-refractivity contribution < 1.29 is 9.53 Å². The highest BCUT2D eigenvalue weighted by molar-refractivity contribution is 5.67. The molecule has 1 saturated carbocycles. The summed E-state index contributed by atoms with van der Waals surface area (Å²) in [5.74, 6) is 0. The number of nitrogens with one attached hydrogen (secondary N) is 1. The summed E-state index contributed by atoms with van der Waals surface area (Å²) in [5, 5.41) is 3.64. The van der Waals surface area contributed by atoms with E-state index in [1.165, 1.54) is 19.4 Å². The van der Waals surface area contributed by atoms with Crippen LogP contribution in [0.25, 0.3) is 0 Å². The lowest BCUT2D eigenvalue weighted by molar-refractivity contribution is 0.0319. The van der Waals surface area contributed by atoms with Gasteiger partial charge in [-0.15, -0.1) is 0 Å². The molecule has 0 aromatic carbocycles. The molecule has 2 heterocycles. The van der Waals surface area contributed by atoms with Crippen LogP contribution in [-0.2, 0) is 4.74 Å². The molecule has 2 saturated heterocycles. The van der Waals surface area contributed by atoms with Gasteiger partial charge in [-0.3, -0.25) is 15.1 Å². The Bertz CT molecular complexity index is 367. The number of hydrogen-bond donors (Lipinski definition) is 1. The van der Waals surface area contributed by atoms with E-state index in [4.69, 9.17) is 4.74 Å². The number of ether oxygens (including phenoxy) is 1. The molecule has 1 amide bonds. The first-order valence-electron chi connectivity index (χ1n) is 8.91. The second-order valence-corrected chi connectivity index (χ2v) is 6.69. The van der Waals surface area contributed by atoms with E-state index in [-0.39, 0.29) is 6.09 Å². The molecule has 6 heteroatoms. The first-order chi connectivity index (χ1) is 10.8. The van der Waals surface area contributed by atoms with Crippen molar-refractivity contribution in [2.75, 3.05) is 52.4 Å². The maximum Gasteiger partial charge on any atom is 0.409 e. The first-order valence-corrected chi connectivity index (χ1v) is 8.91. The highest BCUT2D eigenvalue weighted by atomic mass is 16.6. The number of amides is 1. The van der Waals surface area contributed by atoms with E-state index in [0.717, 1.165) is 58.2 Å². The molecule has 3 aliphatic rings. The normalized spacial score (nSPS) is 27.9. The van der Waals surface area contributed by atoms with Gasteiger partial charge in [-0.1, -0.05) is 13.3 Å². The van der Waals surface area contributed by atoms with Crippen molar-refractivity contribution in [1.82, 2.24) is 20.0 Å². The second-order valence-electron chi connectivity index (χ2n) is 6.69. The van der Waals surface area contributed by atoms with Crippen LogP contribution in [0.2, 0.25) is 0 Å². The average molecular weight is 310 g/mol. The maximum atomic E-state index is 12.0. The number of rotatable bonds is 5. The first kappa shape index (κ1) is 16.0. The molecule has 3 fully saturated rings. The van der Waals surface area contributed by atoms with Gasteiger partial charge < -0.3 is 9.64 Å². The highest BCUT2D eigenvalue weighted by Crippen LogP contribution is 2.27. The Balaban J connectivity index is 1.40. The fraction of sp³-hybridized carbons (Fsp3) is 0.938. The number of carbonyl (C=O) groups is 1. The molecular formula is C16H30N4O2. The molecule has 2 aliphatic heterocycles. The summed E-state index contributed by atoms with van der Waals surface area (Å²) in [5.41, 5.74) is 0. The van der Waals surface area contributed by atoms with Crippen molar-refractivity contribution >= 4 is 6.09 Å². The van der Waals surface area contributed by atoms with Gasteiger partial charge in [-0.2, -0.15) is 0 Å². The van der Waals surface area contributed by atoms with Crippen LogP contribution in [-0.4, -0.2) is 85.4 Å². The highest BCUT2D eigenvalue weighted by Gasteiger charge is 2.35. The topological polar surface area (TPSA) is 48.1 Å². The minimum atomic E-state index is -0.135. The van der Waals surface area contributed by atoms with Crippen molar-refractivity contribution in [2.24, 2.45) is 0 Å². The van der Waals surface area contributed by atoms with E-state index in [2.05, 4.69) is 22.0 Å². The van der Waals surface area contributed by atoms with Crippen LogP contribution in [0.5, 0.6) is 0 Å². The molecule has 0 aromatic rings. The Hall–Kier alpha value is -0.850. The SMILES string of the molecule is CCCCOC(=O)N1CCN(C2CN(C3CC3)CCN2)CC1. The molecule has 3 rings (SSSR count). The third-order valence-electron chi connectivity index (χ3n) is 4.99. The van der Waals surface area contributed by atoms with E-state index >= 15 is 0 Å². The van der Waals surface area contributed by atoms with Crippen molar-refractivity contribution in [1.29, 1.82) is 0 Å². The monoisotopic (exact) mass is 310 g/mol. The van der Waals surface area contributed by atoms with Crippen LogP contribution in [0.15, 0.2) is 0 Å². The summed E-state index contributed by atoms with van der Waals surface area (Å²) in [6.45, 7) is 9.51. The van der Waals surface area contributed by atoms with Gasteiger partial charge in [0, 0.05) is 51.9 Å². The number of hydrogen-bond acceptors (Lipinski definition) is 5. The molecule has 0 aromatic heterocycles. The Morgan fingerprint density at radius 2 is 1.91 bits per heavy atom. The molecule has 1 atom stereocenters. The van der Waals surface area contributed by atoms with Gasteiger partial charge in [0.15, 0.2) is 0 Å². The molecule has 1 aliphatic carbocycles. The third kappa shape index (κ3) is 4.12. The summed E-state index contributed by atoms with van der Waals surface area (Å²) in [7, 11) is 0. The zero-order valence-corrected chi connectivity index (χ0v) is 13.8. The summed E-state index contributed by atoms with van der Waals surface area (Å²) in [4.78, 5) is 18.9. The quantitative estimate of drug-likeness (QED) is 0.766. The van der Waals surface area contributed by atoms with Crippen molar-refractivity contribution in [3.63, 3.8) is 0 Å². The van der Waals surface area contributed by atoms with Gasteiger partial charge in [0.25, 0.3) is 0 Å². The Labute approximate surface area is 133 Å². The van der Waals surface area contributed by atoms with Crippen molar-refractivity contribution in [3.8, 4) is 0 Å². The van der Waals surface area contributed by atoms with Crippen LogP contribution in [0.3, 0.4) is 0 Å². The fourth-order valence-corrected chi connectivity index (χ4v) is 3.38. The number of nitrogens with zero attached hydrogens (tertiary/aromatic N) is 3. The maximum absolute atomic E-state index is 12.0. The molecule has 22 heavy (non-hydrogen) atoms. The number of carbonyl (C=O) groups excluding carboxylic acids is 1. The van der Waals surface area contributed by atoms with Gasteiger partial charge in [0.2, 0.25) is 0 Å². The van der Waals surface area contributed by atoms with Gasteiger partial charge in [0.1, 0.15) is 0 Å². The minimum Gasteiger partial charge on any atom is -0.449 e. The smallest absolute Gasteiger partial charge is 0.409 e. The summed E-state index contributed by atoms with van der Waals surface area (Å²) in [6.07, 6.45) is 5.09. The summed E-state index contributed by atoms with van der Waals surface area (Å²) >= 11 is 0. The van der Waals surface area contributed by atoms with Crippen LogP contribution in [0.1, 0.15) is 32.6 Å². The molecule has 6 nitrogen and oxygen atoms in total. The Morgan fingerprint density at radius 3 is 2.59 bits per heavy atom. The molecule has 0 radical (unpaired) electrons. The largest absolute Gasteiger partial charge is 0.449 e. The van der Waals surface area contributed by atoms with Gasteiger partial charge in [0.05, 0.1) is 12.8 Å². The Morgan fingerprint density at radius 1 is 1.14 bits per heavy atom. The third-order valence-corrected chi connectivity index (χ3v) is 4.99. The molecular weight excluding hydrogens is 280 g/mol. The Kier molecular flexibility index (Phi) is 5.55. The fourth-order valence-electron chi connectivity index (χ4n) is 3.38. The van der Waals surface area contributed by atoms with Gasteiger partial charge >= 0.3 is 6.09 Å². The van der Waals surface area contributed by atoms with E-state index in [0.29, 0.717) is 12.8 Å². The predicted octanol–water partition coefficient (Wildman–Crippen LogP) is 0.934. The van der Waals surface area contributed by atoms with Crippen LogP contribution < -0.4 is 5.32 Å². The average Bonchev–Trinajstić information content (AvgIpc) is 3.40. The standard InChI is InChI=1S/C16H30N4O2/c1-2-3-12-22-16(21)19-10-8-18(9-11-19)15-13-20(7-6-17-15)14-4-5-14/h14-15,17H,2-13H2,1H3. The lowest BCUT2D eigenvalue weighted by atomic mass is 10.2. The summed E-state index contributed by atoms with van der Waals surface area (Å²) in [6, 6.07) is 0.847. The molecule has 0 bridgehead atoms. The van der Waals surface area contributed by atoms with E-state index in [1.807, 2.05) is 4.90 Å². The minimum absolute atomic E-state index is 0.135. The lowest BCUT2D eigenvalue weighted by Crippen LogP contribution is -2.62. The summed E-state index contributed by atoms with van der Waals surface area (Å²) < 4.78 is 5.30. The number of unbranched alkanes of at least 4 members (excludes halogenated alkanes) is 1. The predicted molar refractivity (Wildman–Crippen MR) is 85.8 cm³/mol. The van der Waals surface area contributed by atoms with Gasteiger partial charge in [-0.25, -0.2) is 4.79 Å².